The summed E-state index contributed by atoms with van der Waals surface area (Å²) in [5, 5.41) is 15.8. The van der Waals surface area contributed by atoms with Crippen LogP contribution in [-0.2, 0) is 13.1 Å². The molecule has 2 aliphatic rings. The van der Waals surface area contributed by atoms with Crippen molar-refractivity contribution in [3.8, 4) is 0 Å². The molecule has 8 heteroatoms. The molecule has 4 N–H and O–H groups in total. The fourth-order valence-electron chi connectivity index (χ4n) is 4.12. The SMILES string of the molecule is C[C@@H]1CN(Cc2nnc(CN3C[C@H](C)N[C@@H](C)C3)n2N)C[C@@H](C)N1. The van der Waals surface area contributed by atoms with E-state index in [1.807, 2.05) is 0 Å². The van der Waals surface area contributed by atoms with Gasteiger partial charge in [0.15, 0.2) is 11.6 Å². The number of hydrogen-bond acceptors (Lipinski definition) is 7. The van der Waals surface area contributed by atoms with E-state index in [-0.39, 0.29) is 0 Å². The monoisotopic (exact) mass is 336 g/mol. The number of nitrogens with one attached hydrogen (secondary N) is 2. The summed E-state index contributed by atoms with van der Waals surface area (Å²) in [6, 6.07) is 1.97. The molecule has 136 valence electrons. The van der Waals surface area contributed by atoms with Crippen LogP contribution in [0.3, 0.4) is 0 Å². The molecule has 2 saturated heterocycles. The van der Waals surface area contributed by atoms with Crippen molar-refractivity contribution >= 4 is 0 Å². The van der Waals surface area contributed by atoms with Crippen LogP contribution in [0.5, 0.6) is 0 Å². The van der Waals surface area contributed by atoms with Crippen molar-refractivity contribution in [3.05, 3.63) is 11.6 Å². The lowest BCUT2D eigenvalue weighted by Gasteiger charge is -2.36. The predicted molar refractivity (Wildman–Crippen MR) is 94.8 cm³/mol. The topological polar surface area (TPSA) is 87.3 Å². The third kappa shape index (κ3) is 4.24. The molecule has 0 saturated carbocycles. The minimum atomic E-state index is 0.492. The maximum Gasteiger partial charge on any atom is 0.165 e. The summed E-state index contributed by atoms with van der Waals surface area (Å²) in [5.41, 5.74) is 0. The Balaban J connectivity index is 1.61. The van der Waals surface area contributed by atoms with Crippen molar-refractivity contribution in [1.82, 2.24) is 35.3 Å². The molecule has 24 heavy (non-hydrogen) atoms. The lowest BCUT2D eigenvalue weighted by molar-refractivity contribution is 0.158. The van der Waals surface area contributed by atoms with Gasteiger partial charge in [0.05, 0.1) is 13.1 Å². The summed E-state index contributed by atoms with van der Waals surface area (Å²) in [6.45, 7) is 14.4. The molecule has 4 atom stereocenters. The lowest BCUT2D eigenvalue weighted by atomic mass is 10.1. The van der Waals surface area contributed by atoms with Gasteiger partial charge in [-0.15, -0.1) is 10.2 Å². The van der Waals surface area contributed by atoms with Gasteiger partial charge in [0, 0.05) is 50.3 Å². The van der Waals surface area contributed by atoms with Gasteiger partial charge >= 0.3 is 0 Å². The van der Waals surface area contributed by atoms with Crippen LogP contribution >= 0.6 is 0 Å². The van der Waals surface area contributed by atoms with Crippen LogP contribution in [-0.4, -0.2) is 75.0 Å². The van der Waals surface area contributed by atoms with E-state index < -0.39 is 0 Å². The number of aromatic nitrogens is 3. The smallest absolute Gasteiger partial charge is 0.165 e. The van der Waals surface area contributed by atoms with Gasteiger partial charge in [0.25, 0.3) is 0 Å². The van der Waals surface area contributed by atoms with E-state index >= 15 is 0 Å². The van der Waals surface area contributed by atoms with Crippen LogP contribution < -0.4 is 16.5 Å². The van der Waals surface area contributed by atoms with E-state index in [0.717, 1.165) is 50.9 Å². The molecule has 2 fully saturated rings. The summed E-state index contributed by atoms with van der Waals surface area (Å²) in [6.07, 6.45) is 0. The van der Waals surface area contributed by atoms with Gasteiger partial charge in [0.2, 0.25) is 0 Å². The van der Waals surface area contributed by atoms with Crippen molar-refractivity contribution in [2.45, 2.75) is 65.0 Å². The number of piperazine rings is 2. The van der Waals surface area contributed by atoms with Crippen LogP contribution in [0, 0.1) is 0 Å². The zero-order chi connectivity index (χ0) is 17.3. The number of rotatable bonds is 4. The molecule has 0 aromatic carbocycles. The summed E-state index contributed by atoms with van der Waals surface area (Å²) in [5.74, 6) is 7.98. The Hall–Kier alpha value is -1.22. The molecule has 3 heterocycles. The lowest BCUT2D eigenvalue weighted by Crippen LogP contribution is -2.54. The second-order valence-electron chi connectivity index (χ2n) is 7.73. The molecule has 8 nitrogen and oxygen atoms in total. The highest BCUT2D eigenvalue weighted by atomic mass is 15.4. The molecule has 2 aliphatic heterocycles. The predicted octanol–water partition coefficient (Wildman–Crippen LogP) is -0.644. The van der Waals surface area contributed by atoms with Gasteiger partial charge in [-0.1, -0.05) is 0 Å². The van der Waals surface area contributed by atoms with E-state index in [4.69, 9.17) is 5.84 Å². The molecule has 0 aliphatic carbocycles. The van der Waals surface area contributed by atoms with Crippen molar-refractivity contribution < 1.29 is 0 Å². The first kappa shape index (κ1) is 17.6. The number of nitrogens with zero attached hydrogens (tertiary/aromatic N) is 5. The van der Waals surface area contributed by atoms with Gasteiger partial charge in [-0.2, -0.15) is 0 Å². The fourth-order valence-corrected chi connectivity index (χ4v) is 4.12. The second kappa shape index (κ2) is 7.35. The zero-order valence-electron chi connectivity index (χ0n) is 15.4. The highest BCUT2D eigenvalue weighted by Gasteiger charge is 2.25. The van der Waals surface area contributed by atoms with Gasteiger partial charge in [-0.25, -0.2) is 4.68 Å². The highest BCUT2D eigenvalue weighted by molar-refractivity contribution is 4.98. The largest absolute Gasteiger partial charge is 0.336 e. The zero-order valence-corrected chi connectivity index (χ0v) is 15.4. The Labute approximate surface area is 144 Å². The first-order chi connectivity index (χ1) is 11.4. The first-order valence-corrected chi connectivity index (χ1v) is 9.05. The molecule has 0 radical (unpaired) electrons. The Bertz CT molecular complexity index is 479. The maximum atomic E-state index is 6.28. The molecular formula is C16H32N8. The third-order valence-corrected chi connectivity index (χ3v) is 4.83. The third-order valence-electron chi connectivity index (χ3n) is 4.83. The van der Waals surface area contributed by atoms with E-state index in [2.05, 4.69) is 58.3 Å². The molecule has 1 aromatic rings. The molecule has 1 aromatic heterocycles. The molecule has 3 rings (SSSR count). The molecule has 0 spiro atoms. The van der Waals surface area contributed by atoms with Crippen molar-refractivity contribution in [2.75, 3.05) is 32.0 Å². The normalized spacial score (nSPS) is 33.0. The summed E-state index contributed by atoms with van der Waals surface area (Å²) in [7, 11) is 0. The number of nitrogens with two attached hydrogens (primary N) is 1. The summed E-state index contributed by atoms with van der Waals surface area (Å²) < 4.78 is 1.69. The van der Waals surface area contributed by atoms with Gasteiger partial charge in [0.1, 0.15) is 0 Å². The second-order valence-corrected chi connectivity index (χ2v) is 7.73. The number of hydrogen-bond donors (Lipinski definition) is 3. The van der Waals surface area contributed by atoms with Crippen LogP contribution in [0.15, 0.2) is 0 Å². The van der Waals surface area contributed by atoms with Crippen LogP contribution in [0.1, 0.15) is 39.3 Å². The van der Waals surface area contributed by atoms with Crippen molar-refractivity contribution in [2.24, 2.45) is 0 Å². The van der Waals surface area contributed by atoms with Crippen LogP contribution in [0.25, 0.3) is 0 Å². The minimum absolute atomic E-state index is 0.492. The maximum absolute atomic E-state index is 6.28. The van der Waals surface area contributed by atoms with Gasteiger partial charge < -0.3 is 16.5 Å². The van der Waals surface area contributed by atoms with Crippen molar-refractivity contribution in [1.29, 1.82) is 0 Å². The first-order valence-electron chi connectivity index (χ1n) is 9.05. The molecular weight excluding hydrogens is 304 g/mol. The Kier molecular flexibility index (Phi) is 5.39. The quantitative estimate of drug-likeness (QED) is 0.630. The summed E-state index contributed by atoms with van der Waals surface area (Å²) in [4.78, 5) is 4.80. The minimum Gasteiger partial charge on any atom is -0.336 e. The van der Waals surface area contributed by atoms with Crippen LogP contribution in [0.4, 0.5) is 0 Å². The van der Waals surface area contributed by atoms with E-state index in [0.29, 0.717) is 24.2 Å². The fraction of sp³-hybridized carbons (Fsp3) is 0.875. The summed E-state index contributed by atoms with van der Waals surface area (Å²) >= 11 is 0. The average Bonchev–Trinajstić information content (AvgIpc) is 2.78. The van der Waals surface area contributed by atoms with Gasteiger partial charge in [-0.05, 0) is 27.7 Å². The molecule has 0 unspecified atom stereocenters. The van der Waals surface area contributed by atoms with E-state index in [1.54, 1.807) is 4.68 Å². The Morgan fingerprint density at radius 3 is 1.46 bits per heavy atom. The number of nitrogen functional groups attached to an aromatic ring is 1. The average molecular weight is 336 g/mol. The van der Waals surface area contributed by atoms with Crippen LogP contribution in [0.2, 0.25) is 0 Å². The van der Waals surface area contributed by atoms with Crippen molar-refractivity contribution in [3.63, 3.8) is 0 Å². The Morgan fingerprint density at radius 1 is 0.792 bits per heavy atom. The highest BCUT2D eigenvalue weighted by Crippen LogP contribution is 2.11. The Morgan fingerprint density at radius 2 is 1.12 bits per heavy atom. The van der Waals surface area contributed by atoms with E-state index in [1.165, 1.54) is 0 Å². The van der Waals surface area contributed by atoms with E-state index in [9.17, 15) is 0 Å². The molecule has 0 bridgehead atoms. The van der Waals surface area contributed by atoms with Gasteiger partial charge in [-0.3, -0.25) is 9.80 Å². The molecule has 0 amide bonds. The standard InChI is InChI=1S/C16H32N8/c1-11-5-22(6-12(2)18-11)9-15-20-21-16(24(15)17)10-23-7-13(3)19-14(4)8-23/h11-14,18-19H,5-10,17H2,1-4H3/t11-,12-,13+,14+.